The molecule has 0 aliphatic rings. The predicted molar refractivity (Wildman–Crippen MR) is 83.7 cm³/mol. The van der Waals surface area contributed by atoms with Crippen LogP contribution >= 0.6 is 0 Å². The van der Waals surface area contributed by atoms with Crippen LogP contribution in [0.3, 0.4) is 0 Å². The lowest BCUT2D eigenvalue weighted by Gasteiger charge is -2.26. The van der Waals surface area contributed by atoms with Crippen LogP contribution in [0, 0.1) is 0 Å². The molecule has 1 aromatic heterocycles. The molecule has 1 unspecified atom stereocenters. The molecule has 0 radical (unpaired) electrons. The molecule has 6 nitrogen and oxygen atoms in total. The van der Waals surface area contributed by atoms with Crippen LogP contribution in [0.4, 0.5) is 0 Å². The lowest BCUT2D eigenvalue weighted by Crippen LogP contribution is -2.40. The van der Waals surface area contributed by atoms with Gasteiger partial charge in [0.15, 0.2) is 0 Å². The summed E-state index contributed by atoms with van der Waals surface area (Å²) in [7, 11) is -1.91. The normalized spacial score (nSPS) is 13.8. The number of aromatic amines is 1. The maximum atomic E-state index is 12.7. The molecule has 0 saturated heterocycles. The van der Waals surface area contributed by atoms with Gasteiger partial charge >= 0.3 is 0 Å². The Kier molecular flexibility index (Phi) is 7.37. The van der Waals surface area contributed by atoms with E-state index in [1.807, 2.05) is 13.8 Å². The number of aromatic nitrogens is 1. The summed E-state index contributed by atoms with van der Waals surface area (Å²) in [4.78, 5) is 3.33. The fourth-order valence-electron chi connectivity index (χ4n) is 2.25. The lowest BCUT2D eigenvalue weighted by molar-refractivity contribution is 0.142. The molecule has 0 saturated carbocycles. The van der Waals surface area contributed by atoms with Crippen LogP contribution in [0.5, 0.6) is 0 Å². The number of ether oxygens (including phenoxy) is 1. The molecular weight excluding hydrogens is 290 g/mol. The van der Waals surface area contributed by atoms with E-state index in [1.54, 1.807) is 19.4 Å². The van der Waals surface area contributed by atoms with Crippen LogP contribution < -0.4 is 5.32 Å². The Bertz CT molecular complexity index is 513. The Morgan fingerprint density at radius 2 is 2.14 bits per heavy atom. The van der Waals surface area contributed by atoms with Crippen molar-refractivity contribution in [1.29, 1.82) is 0 Å². The summed E-state index contributed by atoms with van der Waals surface area (Å²) in [6.07, 6.45) is 2.60. The molecule has 0 fully saturated rings. The Hall–Kier alpha value is -0.890. The second kappa shape index (κ2) is 8.53. The highest BCUT2D eigenvalue weighted by molar-refractivity contribution is 7.89. The van der Waals surface area contributed by atoms with Gasteiger partial charge in [-0.05, 0) is 26.0 Å². The summed E-state index contributed by atoms with van der Waals surface area (Å²) in [5, 5.41) is 3.24. The van der Waals surface area contributed by atoms with Gasteiger partial charge in [-0.1, -0.05) is 13.8 Å². The molecule has 122 valence electrons. The van der Waals surface area contributed by atoms with E-state index in [0.29, 0.717) is 24.6 Å². The van der Waals surface area contributed by atoms with Gasteiger partial charge in [0.2, 0.25) is 10.0 Å². The van der Waals surface area contributed by atoms with Gasteiger partial charge in [0.25, 0.3) is 0 Å². The summed E-state index contributed by atoms with van der Waals surface area (Å²) in [5.74, 6) is 0. The van der Waals surface area contributed by atoms with Crippen LogP contribution in [-0.2, 0) is 21.3 Å². The number of nitrogens with one attached hydrogen (secondary N) is 2. The number of likely N-dealkylation sites (N-methyl/N-ethyl adjacent to an activating group) is 1. The highest BCUT2D eigenvalue weighted by atomic mass is 32.2. The lowest BCUT2D eigenvalue weighted by atomic mass is 10.4. The number of hydrogen-bond acceptors (Lipinski definition) is 4. The molecule has 0 aliphatic heterocycles. The van der Waals surface area contributed by atoms with Crippen molar-refractivity contribution in [2.24, 2.45) is 0 Å². The monoisotopic (exact) mass is 317 g/mol. The third kappa shape index (κ3) is 4.81. The Balaban J connectivity index is 2.85. The third-order valence-corrected chi connectivity index (χ3v) is 5.34. The molecular formula is C14H27N3O3S. The average Bonchev–Trinajstić information content (AvgIpc) is 2.89. The highest BCUT2D eigenvalue weighted by Crippen LogP contribution is 2.19. The van der Waals surface area contributed by atoms with Crippen LogP contribution in [0.2, 0.25) is 0 Å². The maximum absolute atomic E-state index is 12.7. The quantitative estimate of drug-likeness (QED) is 0.642. The van der Waals surface area contributed by atoms with Crippen LogP contribution in [0.15, 0.2) is 17.2 Å². The zero-order valence-corrected chi connectivity index (χ0v) is 14.2. The van der Waals surface area contributed by atoms with E-state index >= 15 is 0 Å². The van der Waals surface area contributed by atoms with Crippen molar-refractivity contribution in [3.63, 3.8) is 0 Å². The Labute approximate surface area is 127 Å². The van der Waals surface area contributed by atoms with Crippen molar-refractivity contribution in [3.8, 4) is 0 Å². The van der Waals surface area contributed by atoms with E-state index in [-0.39, 0.29) is 6.04 Å². The molecule has 0 spiro atoms. The first-order chi connectivity index (χ1) is 9.97. The highest BCUT2D eigenvalue weighted by Gasteiger charge is 2.28. The van der Waals surface area contributed by atoms with Crippen molar-refractivity contribution >= 4 is 10.0 Å². The first-order valence-corrected chi connectivity index (χ1v) is 8.80. The molecule has 0 aromatic carbocycles. The van der Waals surface area contributed by atoms with Crippen molar-refractivity contribution in [2.75, 3.05) is 26.8 Å². The molecule has 21 heavy (non-hydrogen) atoms. The minimum absolute atomic E-state index is 0.193. The largest absolute Gasteiger partial charge is 0.383 e. The van der Waals surface area contributed by atoms with Gasteiger partial charge in [-0.3, -0.25) is 0 Å². The first-order valence-electron chi connectivity index (χ1n) is 7.36. The minimum atomic E-state index is -3.49. The van der Waals surface area contributed by atoms with E-state index in [4.69, 9.17) is 4.74 Å². The van der Waals surface area contributed by atoms with Crippen molar-refractivity contribution in [1.82, 2.24) is 14.6 Å². The standard InChI is InChI=1S/C14H27N3O3S/c1-5-7-15-9-13-8-14(10-16-13)21(18,19)17(6-2)12(3)11-20-4/h8,10,12,15-16H,5-7,9,11H2,1-4H3. The zero-order valence-electron chi connectivity index (χ0n) is 13.3. The van der Waals surface area contributed by atoms with Crippen LogP contribution in [0.25, 0.3) is 0 Å². The SMILES string of the molecule is CCCNCc1cc(S(=O)(=O)N(CC)C(C)COC)c[nH]1. The number of nitrogens with zero attached hydrogens (tertiary/aromatic N) is 1. The first kappa shape index (κ1) is 18.2. The van der Waals surface area contributed by atoms with Crippen molar-refractivity contribution in [3.05, 3.63) is 18.0 Å². The number of rotatable bonds is 10. The number of H-pyrrole nitrogens is 1. The Morgan fingerprint density at radius 3 is 2.71 bits per heavy atom. The van der Waals surface area contributed by atoms with Gasteiger partial charge in [0, 0.05) is 38.1 Å². The van der Waals surface area contributed by atoms with Gasteiger partial charge in [0.05, 0.1) is 11.5 Å². The summed E-state index contributed by atoms with van der Waals surface area (Å²) < 4.78 is 31.8. The number of hydrogen-bond donors (Lipinski definition) is 2. The molecule has 0 aliphatic carbocycles. The molecule has 0 bridgehead atoms. The topological polar surface area (TPSA) is 74.4 Å². The van der Waals surface area contributed by atoms with Crippen LogP contribution in [-0.4, -0.2) is 50.6 Å². The van der Waals surface area contributed by atoms with Gasteiger partial charge in [-0.2, -0.15) is 4.31 Å². The fourth-order valence-corrected chi connectivity index (χ4v) is 3.89. The van der Waals surface area contributed by atoms with Gasteiger partial charge in [-0.25, -0.2) is 8.42 Å². The number of methoxy groups -OCH3 is 1. The van der Waals surface area contributed by atoms with E-state index < -0.39 is 10.0 Å². The van der Waals surface area contributed by atoms with E-state index in [2.05, 4.69) is 17.2 Å². The maximum Gasteiger partial charge on any atom is 0.244 e. The van der Waals surface area contributed by atoms with Crippen LogP contribution in [0.1, 0.15) is 32.9 Å². The second-order valence-corrected chi connectivity index (χ2v) is 6.94. The minimum Gasteiger partial charge on any atom is -0.383 e. The third-order valence-electron chi connectivity index (χ3n) is 3.28. The number of sulfonamides is 1. The molecule has 1 heterocycles. The fraction of sp³-hybridized carbons (Fsp3) is 0.714. The summed E-state index contributed by atoms with van der Waals surface area (Å²) in [6.45, 7) is 8.12. The Morgan fingerprint density at radius 1 is 1.43 bits per heavy atom. The zero-order chi connectivity index (χ0) is 15.9. The smallest absolute Gasteiger partial charge is 0.244 e. The van der Waals surface area contributed by atoms with E-state index in [9.17, 15) is 8.42 Å². The van der Waals surface area contributed by atoms with Crippen molar-refractivity contribution < 1.29 is 13.2 Å². The molecule has 1 rings (SSSR count). The predicted octanol–water partition coefficient (Wildman–Crippen LogP) is 1.56. The van der Waals surface area contributed by atoms with Crippen molar-refractivity contribution in [2.45, 2.75) is 44.7 Å². The van der Waals surface area contributed by atoms with E-state index in [1.165, 1.54) is 4.31 Å². The second-order valence-electron chi connectivity index (χ2n) is 5.05. The molecule has 1 aromatic rings. The molecule has 2 N–H and O–H groups in total. The van der Waals surface area contributed by atoms with E-state index in [0.717, 1.165) is 18.7 Å². The molecule has 0 amide bonds. The summed E-state index contributed by atoms with van der Waals surface area (Å²) in [6, 6.07) is 1.50. The molecule has 7 heteroatoms. The van der Waals surface area contributed by atoms with Gasteiger partial charge in [-0.15, -0.1) is 0 Å². The van der Waals surface area contributed by atoms with Gasteiger partial charge in [0.1, 0.15) is 0 Å². The average molecular weight is 317 g/mol. The summed E-state index contributed by atoms with van der Waals surface area (Å²) >= 11 is 0. The molecule has 1 atom stereocenters. The summed E-state index contributed by atoms with van der Waals surface area (Å²) in [5.41, 5.74) is 0.873. The van der Waals surface area contributed by atoms with Gasteiger partial charge < -0.3 is 15.0 Å².